The number of benzene rings is 1. The van der Waals surface area contributed by atoms with E-state index in [1.54, 1.807) is 0 Å². The summed E-state index contributed by atoms with van der Waals surface area (Å²) in [5.74, 6) is 0.941. The molecule has 3 aliphatic rings. The minimum atomic E-state index is -0.473. The molecule has 0 unspecified atom stereocenters. The van der Waals surface area contributed by atoms with E-state index < -0.39 is 5.60 Å². The van der Waals surface area contributed by atoms with Gasteiger partial charge in [0.1, 0.15) is 18.0 Å². The van der Waals surface area contributed by atoms with Crippen molar-refractivity contribution in [2.45, 2.75) is 69.9 Å². The largest absolute Gasteiger partial charge is 0.444 e. The highest BCUT2D eigenvalue weighted by molar-refractivity contribution is 5.70. The Hall–Kier alpha value is -2.34. The number of nitrogens with one attached hydrogen (secondary N) is 1. The third-order valence-electron chi connectivity index (χ3n) is 5.34. The lowest BCUT2D eigenvalue weighted by molar-refractivity contribution is -0.139. The van der Waals surface area contributed by atoms with E-state index >= 15 is 0 Å². The van der Waals surface area contributed by atoms with Crippen LogP contribution in [-0.2, 0) is 28.2 Å². The Kier molecular flexibility index (Phi) is 4.26. The molecule has 0 atom stereocenters. The van der Waals surface area contributed by atoms with Crippen LogP contribution in [-0.4, -0.2) is 26.8 Å². The zero-order valence-corrected chi connectivity index (χ0v) is 16.2. The van der Waals surface area contributed by atoms with Gasteiger partial charge in [-0.2, -0.15) is 0 Å². The van der Waals surface area contributed by atoms with Crippen LogP contribution in [0.3, 0.4) is 0 Å². The van der Waals surface area contributed by atoms with Crippen LogP contribution in [0.2, 0.25) is 0 Å². The van der Waals surface area contributed by atoms with Crippen LogP contribution in [0.5, 0.6) is 0 Å². The fraction of sp³-hybridized carbons (Fsp3) is 0.524. The molecule has 1 N–H and O–H groups in total. The minimum Gasteiger partial charge on any atom is -0.444 e. The van der Waals surface area contributed by atoms with Gasteiger partial charge in [-0.25, -0.2) is 9.78 Å². The van der Waals surface area contributed by atoms with Gasteiger partial charge in [0.25, 0.3) is 0 Å². The molecule has 144 valence electrons. The number of carbonyl (C=O) groups is 1. The predicted molar refractivity (Wildman–Crippen MR) is 101 cm³/mol. The lowest BCUT2D eigenvalue weighted by Gasteiger charge is -2.70. The van der Waals surface area contributed by atoms with Gasteiger partial charge in [0.2, 0.25) is 0 Å². The van der Waals surface area contributed by atoms with Crippen molar-refractivity contribution in [3.05, 3.63) is 54.1 Å². The van der Waals surface area contributed by atoms with Crippen LogP contribution in [0, 0.1) is 0 Å². The van der Waals surface area contributed by atoms with Crippen molar-refractivity contribution in [1.29, 1.82) is 0 Å². The van der Waals surface area contributed by atoms with Crippen molar-refractivity contribution < 1.29 is 14.3 Å². The van der Waals surface area contributed by atoms with Crippen molar-refractivity contribution in [2.24, 2.45) is 0 Å². The first-order chi connectivity index (χ1) is 12.8. The molecule has 1 aromatic heterocycles. The average Bonchev–Trinajstić information content (AvgIpc) is 2.97. The van der Waals surface area contributed by atoms with Gasteiger partial charge in [0.05, 0.1) is 17.7 Å². The molecule has 3 aliphatic carbocycles. The van der Waals surface area contributed by atoms with E-state index in [1.807, 2.05) is 51.4 Å². The summed E-state index contributed by atoms with van der Waals surface area (Å²) in [5, 5.41) is 3.06. The van der Waals surface area contributed by atoms with Crippen molar-refractivity contribution in [2.75, 3.05) is 0 Å². The highest BCUT2D eigenvalue weighted by atomic mass is 16.6. The molecule has 3 saturated carbocycles. The van der Waals surface area contributed by atoms with Gasteiger partial charge in [-0.3, -0.25) is 0 Å². The molecule has 0 saturated heterocycles. The molecule has 1 heterocycles. The van der Waals surface area contributed by atoms with Gasteiger partial charge < -0.3 is 19.4 Å². The fourth-order valence-corrected chi connectivity index (χ4v) is 4.35. The average molecular weight is 369 g/mol. The maximum absolute atomic E-state index is 12.1. The van der Waals surface area contributed by atoms with E-state index in [1.165, 1.54) is 0 Å². The maximum atomic E-state index is 12.1. The van der Waals surface area contributed by atoms with Gasteiger partial charge in [-0.05, 0) is 45.6 Å². The summed E-state index contributed by atoms with van der Waals surface area (Å²) in [6.07, 6.45) is 6.28. The second-order valence-electron chi connectivity index (χ2n) is 8.85. The Bertz CT molecular complexity index is 803. The molecule has 5 rings (SSSR count). The van der Waals surface area contributed by atoms with Crippen LogP contribution in [0.15, 0.2) is 42.7 Å². The van der Waals surface area contributed by atoms with Crippen molar-refractivity contribution in [1.82, 2.24) is 14.9 Å². The monoisotopic (exact) mass is 369 g/mol. The first-order valence-corrected chi connectivity index (χ1v) is 9.45. The number of alkyl carbamates (subject to hydrolysis) is 1. The molecule has 1 aromatic carbocycles. The predicted octanol–water partition coefficient (Wildman–Crippen LogP) is 3.76. The Balaban J connectivity index is 1.31. The van der Waals surface area contributed by atoms with Crippen LogP contribution >= 0.6 is 0 Å². The summed E-state index contributed by atoms with van der Waals surface area (Å²) in [6.45, 7) is 6.69. The Labute approximate surface area is 159 Å². The summed E-state index contributed by atoms with van der Waals surface area (Å²) in [4.78, 5) is 16.5. The quantitative estimate of drug-likeness (QED) is 0.842. The number of aromatic nitrogens is 2. The van der Waals surface area contributed by atoms with E-state index in [4.69, 9.17) is 9.47 Å². The maximum Gasteiger partial charge on any atom is 0.408 e. The second-order valence-corrected chi connectivity index (χ2v) is 8.85. The number of rotatable bonds is 6. The third-order valence-corrected chi connectivity index (χ3v) is 5.34. The van der Waals surface area contributed by atoms with E-state index in [0.29, 0.717) is 13.2 Å². The highest BCUT2D eigenvalue weighted by Crippen LogP contribution is 2.65. The van der Waals surface area contributed by atoms with E-state index in [0.717, 1.165) is 30.7 Å². The molecule has 27 heavy (non-hydrogen) atoms. The number of ether oxygens (including phenoxy) is 2. The minimum absolute atomic E-state index is 0.0664. The fourth-order valence-electron chi connectivity index (χ4n) is 4.35. The van der Waals surface area contributed by atoms with Crippen LogP contribution < -0.4 is 5.32 Å². The van der Waals surface area contributed by atoms with Crippen LogP contribution in [0.4, 0.5) is 4.79 Å². The molecule has 6 nitrogen and oxygen atoms in total. The Morgan fingerprint density at radius 1 is 1.19 bits per heavy atom. The Morgan fingerprint density at radius 2 is 1.89 bits per heavy atom. The number of imidazole rings is 1. The summed E-state index contributed by atoms with van der Waals surface area (Å²) < 4.78 is 13.5. The standard InChI is InChI=1S/C21H27N3O3/c1-19(2,3)27-18(25)23-20-13-21(14-20,15-20)24-10-9-22-17(24)12-26-11-16-7-5-4-6-8-16/h4-10H,11-15H2,1-3H3,(H,23,25). The summed E-state index contributed by atoms with van der Waals surface area (Å²) in [7, 11) is 0. The molecular weight excluding hydrogens is 342 g/mol. The topological polar surface area (TPSA) is 65.4 Å². The zero-order chi connectivity index (χ0) is 19.1. The smallest absolute Gasteiger partial charge is 0.408 e. The van der Waals surface area contributed by atoms with Crippen LogP contribution in [0.1, 0.15) is 51.4 Å². The Morgan fingerprint density at radius 3 is 2.56 bits per heavy atom. The number of amides is 1. The number of hydrogen-bond acceptors (Lipinski definition) is 4. The molecule has 0 aliphatic heterocycles. The lowest BCUT2D eigenvalue weighted by Crippen LogP contribution is -2.79. The highest BCUT2D eigenvalue weighted by Gasteiger charge is 2.70. The number of carbonyl (C=O) groups excluding carboxylic acids is 1. The van der Waals surface area contributed by atoms with Crippen molar-refractivity contribution >= 4 is 6.09 Å². The van der Waals surface area contributed by atoms with Gasteiger partial charge in [-0.15, -0.1) is 0 Å². The van der Waals surface area contributed by atoms with Gasteiger partial charge >= 0.3 is 6.09 Å². The molecular formula is C21H27N3O3. The SMILES string of the molecule is CC(C)(C)OC(=O)NC12CC(n3ccnc3COCc3ccccc3)(C1)C2. The first kappa shape index (κ1) is 18.0. The van der Waals surface area contributed by atoms with Gasteiger partial charge in [-0.1, -0.05) is 30.3 Å². The summed E-state index contributed by atoms with van der Waals surface area (Å²) in [6, 6.07) is 10.1. The number of hydrogen-bond donors (Lipinski definition) is 1. The van der Waals surface area contributed by atoms with Gasteiger partial charge in [0, 0.05) is 12.4 Å². The molecule has 2 bridgehead atoms. The lowest BCUT2D eigenvalue weighted by atomic mass is 9.44. The van der Waals surface area contributed by atoms with Crippen molar-refractivity contribution in [3.8, 4) is 0 Å². The number of nitrogens with zero attached hydrogens (tertiary/aromatic N) is 2. The van der Waals surface area contributed by atoms with E-state index in [9.17, 15) is 4.79 Å². The van der Waals surface area contributed by atoms with Gasteiger partial charge in [0.15, 0.2) is 0 Å². The van der Waals surface area contributed by atoms with Crippen LogP contribution in [0.25, 0.3) is 0 Å². The third kappa shape index (κ3) is 3.58. The summed E-state index contributed by atoms with van der Waals surface area (Å²) in [5.41, 5.74) is 0.631. The summed E-state index contributed by atoms with van der Waals surface area (Å²) >= 11 is 0. The van der Waals surface area contributed by atoms with Crippen molar-refractivity contribution in [3.63, 3.8) is 0 Å². The molecule has 2 aromatic rings. The molecule has 0 radical (unpaired) electrons. The van der Waals surface area contributed by atoms with E-state index in [2.05, 4.69) is 27.0 Å². The van der Waals surface area contributed by atoms with E-state index in [-0.39, 0.29) is 17.2 Å². The molecule has 1 amide bonds. The molecule has 0 spiro atoms. The first-order valence-electron chi connectivity index (χ1n) is 9.45. The zero-order valence-electron chi connectivity index (χ0n) is 16.2. The molecule has 3 fully saturated rings. The molecule has 6 heteroatoms. The normalized spacial score (nSPS) is 26.0. The second kappa shape index (κ2) is 6.37.